The van der Waals surface area contributed by atoms with E-state index in [9.17, 15) is 4.79 Å². The molecule has 1 aromatic rings. The van der Waals surface area contributed by atoms with Crippen LogP contribution < -0.4 is 5.32 Å². The van der Waals surface area contributed by atoms with E-state index < -0.39 is 0 Å². The fraction of sp³-hybridized carbons (Fsp3) is 0.250. The minimum absolute atomic E-state index is 0.125. The highest BCUT2D eigenvalue weighted by molar-refractivity contribution is 6.31. The summed E-state index contributed by atoms with van der Waals surface area (Å²) in [5.41, 5.74) is 2.46. The van der Waals surface area contributed by atoms with Crippen LogP contribution >= 0.6 is 11.6 Å². The van der Waals surface area contributed by atoms with Crippen molar-refractivity contribution in [3.8, 4) is 0 Å². The zero-order valence-electron chi connectivity index (χ0n) is 8.93. The van der Waals surface area contributed by atoms with Gasteiger partial charge in [-0.3, -0.25) is 4.79 Å². The average molecular weight is 224 g/mol. The molecule has 0 fully saturated rings. The molecule has 0 saturated heterocycles. The SMILES string of the molecule is C=C(C)CNC(=O)c1ccc(C)c(Cl)c1. The lowest BCUT2D eigenvalue weighted by atomic mass is 10.1. The molecular weight excluding hydrogens is 210 g/mol. The van der Waals surface area contributed by atoms with Gasteiger partial charge in [0.25, 0.3) is 5.91 Å². The van der Waals surface area contributed by atoms with E-state index in [-0.39, 0.29) is 5.91 Å². The third kappa shape index (κ3) is 3.40. The summed E-state index contributed by atoms with van der Waals surface area (Å²) < 4.78 is 0. The molecular formula is C12H14ClNO. The van der Waals surface area contributed by atoms with Gasteiger partial charge in [-0.2, -0.15) is 0 Å². The molecule has 1 rings (SSSR count). The van der Waals surface area contributed by atoms with Crippen molar-refractivity contribution in [2.24, 2.45) is 0 Å². The zero-order valence-corrected chi connectivity index (χ0v) is 9.69. The van der Waals surface area contributed by atoms with Crippen molar-refractivity contribution in [1.29, 1.82) is 0 Å². The van der Waals surface area contributed by atoms with Crippen molar-refractivity contribution in [2.75, 3.05) is 6.54 Å². The smallest absolute Gasteiger partial charge is 0.251 e. The minimum Gasteiger partial charge on any atom is -0.348 e. The largest absolute Gasteiger partial charge is 0.348 e. The summed E-state index contributed by atoms with van der Waals surface area (Å²) in [5, 5.41) is 3.36. The zero-order chi connectivity index (χ0) is 11.4. The predicted molar refractivity (Wildman–Crippen MR) is 63.3 cm³/mol. The van der Waals surface area contributed by atoms with Crippen LogP contribution in [0.15, 0.2) is 30.4 Å². The second kappa shape index (κ2) is 4.99. The summed E-state index contributed by atoms with van der Waals surface area (Å²) in [4.78, 5) is 11.6. The van der Waals surface area contributed by atoms with Crippen molar-refractivity contribution in [3.63, 3.8) is 0 Å². The maximum absolute atomic E-state index is 11.6. The fourth-order valence-electron chi connectivity index (χ4n) is 1.07. The lowest BCUT2D eigenvalue weighted by molar-refractivity contribution is 0.0957. The van der Waals surface area contributed by atoms with Crippen molar-refractivity contribution in [2.45, 2.75) is 13.8 Å². The van der Waals surface area contributed by atoms with Gasteiger partial charge in [-0.25, -0.2) is 0 Å². The van der Waals surface area contributed by atoms with Crippen molar-refractivity contribution < 1.29 is 4.79 Å². The number of amides is 1. The Kier molecular flexibility index (Phi) is 3.92. The Morgan fingerprint density at radius 1 is 1.53 bits per heavy atom. The first-order valence-corrected chi connectivity index (χ1v) is 5.07. The number of carbonyl (C=O) groups is 1. The van der Waals surface area contributed by atoms with Crippen LogP contribution in [-0.2, 0) is 0 Å². The summed E-state index contributed by atoms with van der Waals surface area (Å²) in [6.07, 6.45) is 0. The number of nitrogens with one attached hydrogen (secondary N) is 1. The molecule has 0 spiro atoms. The highest BCUT2D eigenvalue weighted by Gasteiger charge is 2.06. The summed E-state index contributed by atoms with van der Waals surface area (Å²) in [7, 11) is 0. The Morgan fingerprint density at radius 3 is 2.73 bits per heavy atom. The summed E-state index contributed by atoms with van der Waals surface area (Å²) in [5.74, 6) is -0.125. The quantitative estimate of drug-likeness (QED) is 0.785. The molecule has 2 nitrogen and oxygen atoms in total. The van der Waals surface area contributed by atoms with Gasteiger partial charge in [0.2, 0.25) is 0 Å². The van der Waals surface area contributed by atoms with Crippen LogP contribution in [0.1, 0.15) is 22.8 Å². The minimum atomic E-state index is -0.125. The molecule has 1 amide bonds. The van der Waals surface area contributed by atoms with Crippen molar-refractivity contribution >= 4 is 17.5 Å². The Hall–Kier alpha value is -1.28. The molecule has 0 aliphatic heterocycles. The molecule has 0 unspecified atom stereocenters. The van der Waals surface area contributed by atoms with Gasteiger partial charge in [-0.05, 0) is 31.5 Å². The van der Waals surface area contributed by atoms with Gasteiger partial charge < -0.3 is 5.32 Å². The van der Waals surface area contributed by atoms with Gasteiger partial charge in [0.15, 0.2) is 0 Å². The number of carbonyl (C=O) groups excluding carboxylic acids is 1. The number of halogens is 1. The first-order chi connectivity index (χ1) is 7.00. The van der Waals surface area contributed by atoms with Gasteiger partial charge in [0.05, 0.1) is 0 Å². The summed E-state index contributed by atoms with van der Waals surface area (Å²) in [6.45, 7) is 7.97. The summed E-state index contributed by atoms with van der Waals surface area (Å²) >= 11 is 5.92. The monoisotopic (exact) mass is 223 g/mol. The second-order valence-electron chi connectivity index (χ2n) is 3.60. The number of rotatable bonds is 3. The molecule has 0 aliphatic carbocycles. The molecule has 0 atom stereocenters. The van der Waals surface area contributed by atoms with Crippen LogP contribution in [0, 0.1) is 6.92 Å². The Morgan fingerprint density at radius 2 is 2.20 bits per heavy atom. The van der Waals surface area contributed by atoms with Crippen LogP contribution in [0.2, 0.25) is 5.02 Å². The molecule has 1 aromatic carbocycles. The van der Waals surface area contributed by atoms with Gasteiger partial charge in [-0.15, -0.1) is 0 Å². The number of hydrogen-bond acceptors (Lipinski definition) is 1. The van der Waals surface area contributed by atoms with Gasteiger partial charge >= 0.3 is 0 Å². The molecule has 3 heteroatoms. The molecule has 0 aromatic heterocycles. The van der Waals surface area contributed by atoms with E-state index in [2.05, 4.69) is 11.9 Å². The molecule has 0 aliphatic rings. The van der Waals surface area contributed by atoms with E-state index in [1.165, 1.54) is 0 Å². The first-order valence-electron chi connectivity index (χ1n) is 4.69. The number of benzene rings is 1. The summed E-state index contributed by atoms with van der Waals surface area (Å²) in [6, 6.07) is 5.26. The van der Waals surface area contributed by atoms with Gasteiger partial charge in [0, 0.05) is 17.1 Å². The molecule has 80 valence electrons. The number of aryl methyl sites for hydroxylation is 1. The van der Waals surface area contributed by atoms with E-state index in [0.29, 0.717) is 17.1 Å². The van der Waals surface area contributed by atoms with E-state index in [4.69, 9.17) is 11.6 Å². The van der Waals surface area contributed by atoms with E-state index in [1.807, 2.05) is 19.9 Å². The van der Waals surface area contributed by atoms with Gasteiger partial charge in [-0.1, -0.05) is 29.8 Å². The van der Waals surface area contributed by atoms with Crippen LogP contribution in [0.4, 0.5) is 0 Å². The molecule has 0 heterocycles. The van der Waals surface area contributed by atoms with E-state index in [0.717, 1.165) is 11.1 Å². The topological polar surface area (TPSA) is 29.1 Å². The molecule has 0 radical (unpaired) electrons. The second-order valence-corrected chi connectivity index (χ2v) is 4.01. The fourth-order valence-corrected chi connectivity index (χ4v) is 1.25. The molecule has 0 saturated carbocycles. The molecule has 1 N–H and O–H groups in total. The Labute approximate surface area is 94.9 Å². The number of hydrogen-bond donors (Lipinski definition) is 1. The van der Waals surface area contributed by atoms with Crippen molar-refractivity contribution in [1.82, 2.24) is 5.32 Å². The molecule has 15 heavy (non-hydrogen) atoms. The standard InChI is InChI=1S/C12H14ClNO/c1-8(2)7-14-12(15)10-5-4-9(3)11(13)6-10/h4-6H,1,7H2,2-3H3,(H,14,15). The van der Waals surface area contributed by atoms with E-state index >= 15 is 0 Å². The third-order valence-corrected chi connectivity index (χ3v) is 2.39. The predicted octanol–water partition coefficient (Wildman–Crippen LogP) is 2.95. The lowest BCUT2D eigenvalue weighted by Gasteiger charge is -2.05. The highest BCUT2D eigenvalue weighted by Crippen LogP contribution is 2.16. The van der Waals surface area contributed by atoms with E-state index in [1.54, 1.807) is 12.1 Å². The highest BCUT2D eigenvalue weighted by atomic mass is 35.5. The van der Waals surface area contributed by atoms with Crippen LogP contribution in [0.25, 0.3) is 0 Å². The third-order valence-electron chi connectivity index (χ3n) is 1.98. The van der Waals surface area contributed by atoms with Gasteiger partial charge in [0.1, 0.15) is 0 Å². The van der Waals surface area contributed by atoms with Crippen LogP contribution in [0.5, 0.6) is 0 Å². The Bertz CT molecular complexity index is 399. The Balaban J connectivity index is 2.74. The molecule has 0 bridgehead atoms. The normalized spacial score (nSPS) is 9.80. The maximum Gasteiger partial charge on any atom is 0.251 e. The lowest BCUT2D eigenvalue weighted by Crippen LogP contribution is -2.24. The van der Waals surface area contributed by atoms with Crippen molar-refractivity contribution in [3.05, 3.63) is 46.5 Å². The van der Waals surface area contributed by atoms with Crippen LogP contribution in [0.3, 0.4) is 0 Å². The first kappa shape index (κ1) is 11.8. The van der Waals surface area contributed by atoms with Crippen LogP contribution in [-0.4, -0.2) is 12.5 Å². The maximum atomic E-state index is 11.6. The average Bonchev–Trinajstić information content (AvgIpc) is 2.18.